The minimum atomic E-state index is -3.81. The zero-order valence-electron chi connectivity index (χ0n) is 15.1. The number of allylic oxidation sites excluding steroid dienone is 1. The minimum Gasteiger partial charge on any atom is -0.279 e. The molecule has 1 N–H and O–H groups in total. The number of sulfonamides is 1. The summed E-state index contributed by atoms with van der Waals surface area (Å²) in [5.41, 5.74) is 2.89. The van der Waals surface area contributed by atoms with E-state index in [-0.39, 0.29) is 4.90 Å². The van der Waals surface area contributed by atoms with Crippen LogP contribution >= 0.6 is 0 Å². The molecule has 0 heterocycles. The lowest BCUT2D eigenvalue weighted by Gasteiger charge is -2.15. The van der Waals surface area contributed by atoms with Gasteiger partial charge in [-0.3, -0.25) is 4.72 Å². The fourth-order valence-corrected chi connectivity index (χ4v) is 3.82. The van der Waals surface area contributed by atoms with Crippen LogP contribution in [0.25, 0.3) is 5.57 Å². The van der Waals surface area contributed by atoms with Gasteiger partial charge in [0.2, 0.25) is 0 Å². The number of aryl methyl sites for hydroxylation is 1. The molecule has 0 radical (unpaired) electrons. The third-order valence-corrected chi connectivity index (χ3v) is 5.54. The number of nitrogens with zero attached hydrogens (tertiary/aromatic N) is 1. The Labute approximate surface area is 163 Å². The molecule has 3 rings (SSSR count). The maximum Gasteiger partial charge on any atom is 0.261 e. The Kier molecular flexibility index (Phi) is 5.57. The van der Waals surface area contributed by atoms with E-state index in [0.29, 0.717) is 22.4 Å². The van der Waals surface area contributed by atoms with Crippen molar-refractivity contribution in [1.82, 2.24) is 0 Å². The fourth-order valence-electron chi connectivity index (χ4n) is 2.74. The summed E-state index contributed by atoms with van der Waals surface area (Å²) in [4.78, 5) is 0.139. The molecule has 0 saturated carbocycles. The van der Waals surface area contributed by atoms with Gasteiger partial charge < -0.3 is 0 Å². The molecule has 0 saturated heterocycles. The first-order chi connectivity index (χ1) is 13.4. The molecule has 0 aliphatic carbocycles. The second-order valence-corrected chi connectivity index (χ2v) is 7.84. The molecule has 140 valence electrons. The smallest absolute Gasteiger partial charge is 0.261 e. The van der Waals surface area contributed by atoms with Crippen LogP contribution in [-0.2, 0) is 10.0 Å². The van der Waals surface area contributed by atoms with Gasteiger partial charge in [0.1, 0.15) is 5.82 Å². The van der Waals surface area contributed by atoms with Gasteiger partial charge in [-0.05, 0) is 42.8 Å². The van der Waals surface area contributed by atoms with Gasteiger partial charge in [0.05, 0.1) is 16.7 Å². The van der Waals surface area contributed by atoms with Gasteiger partial charge in [0.25, 0.3) is 10.0 Å². The van der Waals surface area contributed by atoms with Crippen LogP contribution in [0.5, 0.6) is 0 Å². The first-order valence-corrected chi connectivity index (χ1v) is 9.93. The second-order valence-electron chi connectivity index (χ2n) is 6.16. The lowest BCUT2D eigenvalue weighted by Crippen LogP contribution is -2.14. The van der Waals surface area contributed by atoms with Crippen LogP contribution in [0.1, 0.15) is 16.7 Å². The highest BCUT2D eigenvalue weighted by molar-refractivity contribution is 7.92. The topological polar surface area (TPSA) is 70.0 Å². The van der Waals surface area contributed by atoms with Crippen molar-refractivity contribution in [2.24, 2.45) is 0 Å². The number of nitrogens with one attached hydrogen (secondary N) is 1. The molecule has 28 heavy (non-hydrogen) atoms. The van der Waals surface area contributed by atoms with Gasteiger partial charge >= 0.3 is 0 Å². The molecule has 3 aromatic carbocycles. The van der Waals surface area contributed by atoms with Crippen LogP contribution in [-0.4, -0.2) is 8.42 Å². The zero-order valence-corrected chi connectivity index (χ0v) is 15.9. The van der Waals surface area contributed by atoms with Crippen molar-refractivity contribution in [2.45, 2.75) is 11.8 Å². The highest BCUT2D eigenvalue weighted by Crippen LogP contribution is 2.31. The van der Waals surface area contributed by atoms with Crippen LogP contribution in [0, 0.1) is 24.1 Å². The number of hydrogen-bond acceptors (Lipinski definition) is 3. The molecule has 0 aromatic heterocycles. The first-order valence-electron chi connectivity index (χ1n) is 8.45. The predicted molar refractivity (Wildman–Crippen MR) is 108 cm³/mol. The summed E-state index contributed by atoms with van der Waals surface area (Å²) in [5, 5.41) is 9.20. The van der Waals surface area contributed by atoms with Crippen molar-refractivity contribution in [3.05, 3.63) is 101 Å². The summed E-state index contributed by atoms with van der Waals surface area (Å²) in [5.74, 6) is -0.395. The maximum absolute atomic E-state index is 13.3. The van der Waals surface area contributed by atoms with Gasteiger partial charge in [-0.1, -0.05) is 48.0 Å². The molecular formula is C22H17FN2O2S. The van der Waals surface area contributed by atoms with Crippen LogP contribution in [0.15, 0.2) is 83.8 Å². The molecule has 0 bridgehead atoms. The summed E-state index contributed by atoms with van der Waals surface area (Å²) >= 11 is 0. The third-order valence-electron chi connectivity index (χ3n) is 4.16. The number of para-hydroxylation sites is 1. The average Bonchev–Trinajstić information content (AvgIpc) is 2.68. The van der Waals surface area contributed by atoms with E-state index in [4.69, 9.17) is 0 Å². The predicted octanol–water partition coefficient (Wildman–Crippen LogP) is 4.89. The van der Waals surface area contributed by atoms with Crippen molar-refractivity contribution < 1.29 is 12.8 Å². The van der Waals surface area contributed by atoms with E-state index in [1.807, 2.05) is 13.0 Å². The Bertz CT molecular complexity index is 1160. The van der Waals surface area contributed by atoms with E-state index in [0.717, 1.165) is 5.56 Å². The van der Waals surface area contributed by atoms with Crippen molar-refractivity contribution in [3.8, 4) is 6.07 Å². The quantitative estimate of drug-likeness (QED) is 0.629. The van der Waals surface area contributed by atoms with E-state index < -0.39 is 15.8 Å². The summed E-state index contributed by atoms with van der Waals surface area (Å²) in [7, 11) is -3.81. The normalized spacial score (nSPS) is 11.7. The summed E-state index contributed by atoms with van der Waals surface area (Å²) in [6.45, 7) is 1.88. The van der Waals surface area contributed by atoms with Gasteiger partial charge in [-0.15, -0.1) is 0 Å². The number of benzene rings is 3. The Morgan fingerprint density at radius 1 is 1.00 bits per heavy atom. The number of anilines is 1. The molecule has 4 nitrogen and oxygen atoms in total. The van der Waals surface area contributed by atoms with Gasteiger partial charge in [-0.2, -0.15) is 5.26 Å². The molecular weight excluding hydrogens is 375 g/mol. The molecule has 3 aromatic rings. The molecule has 6 heteroatoms. The van der Waals surface area contributed by atoms with Crippen LogP contribution in [0.3, 0.4) is 0 Å². The van der Waals surface area contributed by atoms with Crippen LogP contribution < -0.4 is 4.72 Å². The van der Waals surface area contributed by atoms with E-state index in [9.17, 15) is 18.1 Å². The SMILES string of the molecule is Cc1ccc(S(=O)(=O)Nc2ccccc2/C(=C/C#N)c2ccc(F)cc2)cc1. The zero-order chi connectivity index (χ0) is 20.1. The standard InChI is InChI=1S/C22H17FN2O2S/c1-16-6-12-19(13-7-16)28(26,27)25-22-5-3-2-4-21(22)20(14-15-24)17-8-10-18(23)11-9-17/h2-14,25H,1H3/b20-14+. The summed E-state index contributed by atoms with van der Waals surface area (Å²) < 4.78 is 41.4. The van der Waals surface area contributed by atoms with E-state index >= 15 is 0 Å². The van der Waals surface area contributed by atoms with Gasteiger partial charge in [-0.25, -0.2) is 12.8 Å². The minimum absolute atomic E-state index is 0.139. The largest absolute Gasteiger partial charge is 0.279 e. The molecule has 0 aliphatic rings. The first kappa shape index (κ1) is 19.3. The molecule has 0 unspecified atom stereocenters. The summed E-state index contributed by atoms with van der Waals surface area (Å²) in [6.07, 6.45) is 1.31. The van der Waals surface area contributed by atoms with Crippen molar-refractivity contribution in [1.29, 1.82) is 5.26 Å². The Balaban J connectivity index is 2.05. The molecule has 0 spiro atoms. The molecule has 0 amide bonds. The van der Waals surface area contributed by atoms with Crippen molar-refractivity contribution >= 4 is 21.3 Å². The highest BCUT2D eigenvalue weighted by Gasteiger charge is 2.18. The van der Waals surface area contributed by atoms with Crippen molar-refractivity contribution in [3.63, 3.8) is 0 Å². The lowest BCUT2D eigenvalue weighted by atomic mass is 9.96. The summed E-state index contributed by atoms with van der Waals surface area (Å²) in [6, 6.07) is 20.9. The average molecular weight is 392 g/mol. The number of hydrogen-bond donors (Lipinski definition) is 1. The molecule has 0 atom stereocenters. The van der Waals surface area contributed by atoms with Crippen molar-refractivity contribution in [2.75, 3.05) is 4.72 Å². The number of nitriles is 1. The fraction of sp³-hybridized carbons (Fsp3) is 0.0455. The van der Waals surface area contributed by atoms with Gasteiger partial charge in [0, 0.05) is 17.2 Å². The second kappa shape index (κ2) is 8.07. The van der Waals surface area contributed by atoms with Crippen LogP contribution in [0.4, 0.5) is 10.1 Å². The van der Waals surface area contributed by atoms with E-state index in [1.54, 1.807) is 48.5 Å². The Hall–Kier alpha value is -3.43. The molecule has 0 aliphatic heterocycles. The Morgan fingerprint density at radius 3 is 2.29 bits per heavy atom. The number of rotatable bonds is 5. The Morgan fingerprint density at radius 2 is 1.64 bits per heavy atom. The highest BCUT2D eigenvalue weighted by atomic mass is 32.2. The van der Waals surface area contributed by atoms with Crippen LogP contribution in [0.2, 0.25) is 0 Å². The maximum atomic E-state index is 13.3. The van der Waals surface area contributed by atoms with Gasteiger partial charge in [0.15, 0.2) is 0 Å². The monoisotopic (exact) mass is 392 g/mol. The van der Waals surface area contributed by atoms with E-state index in [2.05, 4.69) is 4.72 Å². The third kappa shape index (κ3) is 4.27. The number of halogens is 1. The lowest BCUT2D eigenvalue weighted by molar-refractivity contribution is 0.601. The molecule has 0 fully saturated rings. The van der Waals surface area contributed by atoms with E-state index in [1.165, 1.54) is 30.3 Å².